The summed E-state index contributed by atoms with van der Waals surface area (Å²) >= 11 is 0. The van der Waals surface area contributed by atoms with E-state index in [1.807, 2.05) is 12.1 Å². The van der Waals surface area contributed by atoms with Gasteiger partial charge in [0.05, 0.1) is 12.7 Å². The molecule has 1 saturated carbocycles. The Kier molecular flexibility index (Phi) is 4.97. The third kappa shape index (κ3) is 4.10. The van der Waals surface area contributed by atoms with E-state index in [1.54, 1.807) is 12.1 Å². The van der Waals surface area contributed by atoms with E-state index in [2.05, 4.69) is 12.2 Å². The Bertz CT molecular complexity index is 449. The van der Waals surface area contributed by atoms with E-state index < -0.39 is 0 Å². The molecule has 1 aliphatic carbocycles. The lowest BCUT2D eigenvalue weighted by Crippen LogP contribution is -2.23. The van der Waals surface area contributed by atoms with Crippen LogP contribution >= 0.6 is 0 Å². The fraction of sp³-hybridized carbons (Fsp3) is 0.579. The molecule has 2 fully saturated rings. The van der Waals surface area contributed by atoms with Crippen LogP contribution in [-0.4, -0.2) is 17.8 Å². The molecular weight excluding hydrogens is 260 g/mol. The maximum absolute atomic E-state index is 9.35. The molecular formula is C19H26O2. The van der Waals surface area contributed by atoms with Gasteiger partial charge in [-0.25, -0.2) is 0 Å². The van der Waals surface area contributed by atoms with Crippen LogP contribution in [0, 0.1) is 5.92 Å². The third-order valence-corrected chi connectivity index (χ3v) is 4.92. The lowest BCUT2D eigenvalue weighted by atomic mass is 9.87. The highest BCUT2D eigenvalue weighted by atomic mass is 16.5. The van der Waals surface area contributed by atoms with Gasteiger partial charge in [-0.15, -0.1) is 0 Å². The molecule has 114 valence electrons. The molecule has 0 aromatic heterocycles. The van der Waals surface area contributed by atoms with Crippen molar-refractivity contribution in [2.24, 2.45) is 5.92 Å². The van der Waals surface area contributed by atoms with Gasteiger partial charge >= 0.3 is 0 Å². The molecule has 0 radical (unpaired) electrons. The molecule has 0 amide bonds. The van der Waals surface area contributed by atoms with Gasteiger partial charge in [-0.1, -0.05) is 43.5 Å². The van der Waals surface area contributed by atoms with E-state index in [9.17, 15) is 5.11 Å². The maximum atomic E-state index is 9.35. The van der Waals surface area contributed by atoms with Crippen molar-refractivity contribution in [2.75, 3.05) is 6.61 Å². The summed E-state index contributed by atoms with van der Waals surface area (Å²) in [4.78, 5) is 0. The number of phenols is 1. The summed E-state index contributed by atoms with van der Waals surface area (Å²) < 4.78 is 6.02. The summed E-state index contributed by atoms with van der Waals surface area (Å²) in [5, 5.41) is 9.35. The summed E-state index contributed by atoms with van der Waals surface area (Å²) in [7, 11) is 0. The van der Waals surface area contributed by atoms with Crippen LogP contribution < -0.4 is 0 Å². The molecule has 1 saturated heterocycles. The summed E-state index contributed by atoms with van der Waals surface area (Å²) in [5.41, 5.74) is 1.28. The largest absolute Gasteiger partial charge is 0.508 e. The molecule has 21 heavy (non-hydrogen) atoms. The van der Waals surface area contributed by atoms with Crippen molar-refractivity contribution in [3.8, 4) is 5.75 Å². The lowest BCUT2D eigenvalue weighted by Gasteiger charge is -2.28. The molecule has 0 spiro atoms. The minimum atomic E-state index is 0.306. The van der Waals surface area contributed by atoms with Gasteiger partial charge in [-0.3, -0.25) is 0 Å². The number of allylic oxidation sites excluding steroid dienone is 1. The number of benzene rings is 1. The van der Waals surface area contributed by atoms with Gasteiger partial charge in [0.25, 0.3) is 0 Å². The van der Waals surface area contributed by atoms with Gasteiger partial charge in [-0.2, -0.15) is 0 Å². The number of hydrogen-bond donors (Lipinski definition) is 1. The Morgan fingerprint density at radius 2 is 1.67 bits per heavy atom. The maximum Gasteiger partial charge on any atom is 0.115 e. The van der Waals surface area contributed by atoms with Crippen molar-refractivity contribution in [3.63, 3.8) is 0 Å². The van der Waals surface area contributed by atoms with E-state index in [0.717, 1.165) is 18.9 Å². The molecule has 2 nitrogen and oxygen atoms in total. The number of hydrogen-bond acceptors (Lipinski definition) is 2. The molecule has 1 aromatic rings. The van der Waals surface area contributed by atoms with E-state index in [1.165, 1.54) is 44.1 Å². The highest BCUT2D eigenvalue weighted by Gasteiger charge is 2.21. The lowest BCUT2D eigenvalue weighted by molar-refractivity contribution is 0.0323. The molecule has 2 heteroatoms. The normalized spacial score (nSPS) is 28.0. The number of phenolic OH excluding ortho intramolecular Hbond substituents is 1. The zero-order chi connectivity index (χ0) is 14.5. The monoisotopic (exact) mass is 286 g/mol. The molecule has 1 heterocycles. The first-order valence-electron chi connectivity index (χ1n) is 8.40. The molecule has 1 N–H and O–H groups in total. The molecule has 1 aromatic carbocycles. The Morgan fingerprint density at radius 1 is 0.905 bits per heavy atom. The average Bonchev–Trinajstić information content (AvgIpc) is 2.55. The third-order valence-electron chi connectivity index (χ3n) is 4.92. The second-order valence-corrected chi connectivity index (χ2v) is 6.52. The summed E-state index contributed by atoms with van der Waals surface area (Å²) in [6, 6.07) is 7.57. The predicted molar refractivity (Wildman–Crippen MR) is 85.5 cm³/mol. The molecule has 2 unspecified atom stereocenters. The molecule has 2 atom stereocenters. The van der Waals surface area contributed by atoms with Crippen LogP contribution in [0.25, 0.3) is 0 Å². The Morgan fingerprint density at radius 3 is 2.33 bits per heavy atom. The minimum absolute atomic E-state index is 0.306. The molecule has 1 aliphatic heterocycles. The number of aromatic hydroxyl groups is 1. The van der Waals surface area contributed by atoms with E-state index in [0.29, 0.717) is 17.8 Å². The zero-order valence-electron chi connectivity index (χ0n) is 12.7. The van der Waals surface area contributed by atoms with Gasteiger partial charge in [0, 0.05) is 5.92 Å². The number of ether oxygens (including phenoxy) is 1. The topological polar surface area (TPSA) is 29.5 Å². The van der Waals surface area contributed by atoms with Crippen molar-refractivity contribution in [2.45, 2.75) is 57.0 Å². The van der Waals surface area contributed by atoms with Gasteiger partial charge in [0.2, 0.25) is 0 Å². The fourth-order valence-electron chi connectivity index (χ4n) is 3.54. The second kappa shape index (κ2) is 7.13. The Hall–Kier alpha value is -1.28. The van der Waals surface area contributed by atoms with Crippen molar-refractivity contribution < 1.29 is 9.84 Å². The minimum Gasteiger partial charge on any atom is -0.508 e. The van der Waals surface area contributed by atoms with E-state index in [-0.39, 0.29) is 0 Å². The van der Waals surface area contributed by atoms with Crippen LogP contribution in [0.3, 0.4) is 0 Å². The highest BCUT2D eigenvalue weighted by Crippen LogP contribution is 2.30. The van der Waals surface area contributed by atoms with Gasteiger partial charge in [-0.05, 0) is 49.3 Å². The standard InChI is InChI=1S/C19H26O2/c20-18-10-7-16(8-11-18)17-9-13-19(21-14-17)12-6-15-4-2-1-3-5-15/h6-8,10-12,15,17,19-20H,1-5,9,13-14H2/b12-6+. The van der Waals surface area contributed by atoms with Gasteiger partial charge < -0.3 is 9.84 Å². The van der Waals surface area contributed by atoms with Crippen molar-refractivity contribution >= 4 is 0 Å². The first kappa shape index (κ1) is 14.6. The van der Waals surface area contributed by atoms with E-state index >= 15 is 0 Å². The highest BCUT2D eigenvalue weighted by molar-refractivity contribution is 5.28. The van der Waals surface area contributed by atoms with E-state index in [4.69, 9.17) is 4.74 Å². The SMILES string of the molecule is Oc1ccc(C2CCC(/C=C/C3CCCCC3)OC2)cc1. The number of rotatable bonds is 3. The second-order valence-electron chi connectivity index (χ2n) is 6.52. The Labute approximate surface area is 127 Å². The quantitative estimate of drug-likeness (QED) is 0.809. The van der Waals surface area contributed by atoms with Crippen molar-refractivity contribution in [3.05, 3.63) is 42.0 Å². The molecule has 2 aliphatic rings. The van der Waals surface area contributed by atoms with Gasteiger partial charge in [0.1, 0.15) is 5.75 Å². The summed E-state index contributed by atoms with van der Waals surface area (Å²) in [6.45, 7) is 0.796. The van der Waals surface area contributed by atoms with Crippen LogP contribution in [0.5, 0.6) is 5.75 Å². The van der Waals surface area contributed by atoms with Crippen molar-refractivity contribution in [1.29, 1.82) is 0 Å². The predicted octanol–water partition coefficient (Wildman–Crippen LogP) is 4.79. The first-order valence-corrected chi connectivity index (χ1v) is 8.40. The molecule has 3 rings (SSSR count). The van der Waals surface area contributed by atoms with Crippen LogP contribution in [0.2, 0.25) is 0 Å². The van der Waals surface area contributed by atoms with Crippen LogP contribution in [0.1, 0.15) is 56.4 Å². The average molecular weight is 286 g/mol. The van der Waals surface area contributed by atoms with Crippen LogP contribution in [-0.2, 0) is 4.74 Å². The van der Waals surface area contributed by atoms with Gasteiger partial charge in [0.15, 0.2) is 0 Å². The van der Waals surface area contributed by atoms with Crippen LogP contribution in [0.4, 0.5) is 0 Å². The van der Waals surface area contributed by atoms with Crippen LogP contribution in [0.15, 0.2) is 36.4 Å². The smallest absolute Gasteiger partial charge is 0.115 e. The first-order chi connectivity index (χ1) is 10.3. The Balaban J connectivity index is 1.48. The fourth-order valence-corrected chi connectivity index (χ4v) is 3.54. The summed E-state index contributed by atoms with van der Waals surface area (Å²) in [5.74, 6) is 1.60. The van der Waals surface area contributed by atoms with Crippen molar-refractivity contribution in [1.82, 2.24) is 0 Å². The summed E-state index contributed by atoms with van der Waals surface area (Å²) in [6.07, 6.45) is 14.2. The molecule has 0 bridgehead atoms. The zero-order valence-corrected chi connectivity index (χ0v) is 12.7.